The summed E-state index contributed by atoms with van der Waals surface area (Å²) in [7, 11) is -4.08. The minimum atomic E-state index is -4.08. The van der Waals surface area contributed by atoms with Crippen LogP contribution in [0.25, 0.3) is 0 Å². The predicted molar refractivity (Wildman–Crippen MR) is 102 cm³/mol. The minimum Gasteiger partial charge on any atom is -0.352 e. The Labute approximate surface area is 158 Å². The summed E-state index contributed by atoms with van der Waals surface area (Å²) in [5.41, 5.74) is -0.213. The van der Waals surface area contributed by atoms with E-state index in [2.05, 4.69) is 5.32 Å². The molecular weight excluding hydrogens is 370 g/mol. The van der Waals surface area contributed by atoms with E-state index < -0.39 is 27.4 Å². The number of carbonyl (C=O) groups excluding carboxylic acids is 1. The number of carbonyl (C=O) groups is 1. The molecule has 144 valence electrons. The van der Waals surface area contributed by atoms with Gasteiger partial charge in [0.1, 0.15) is 6.54 Å². The average Bonchev–Trinajstić information content (AvgIpc) is 2.66. The van der Waals surface area contributed by atoms with Crippen LogP contribution < -0.4 is 9.62 Å². The zero-order valence-electron chi connectivity index (χ0n) is 15.0. The van der Waals surface area contributed by atoms with E-state index in [1.165, 1.54) is 30.3 Å². The number of rotatable bonds is 8. The van der Waals surface area contributed by atoms with Gasteiger partial charge in [0, 0.05) is 18.2 Å². The van der Waals surface area contributed by atoms with Gasteiger partial charge in [0.2, 0.25) is 5.91 Å². The summed E-state index contributed by atoms with van der Waals surface area (Å²) in [5, 5.41) is 13.8. The number of anilines is 1. The maximum atomic E-state index is 13.1. The van der Waals surface area contributed by atoms with E-state index in [-0.39, 0.29) is 22.3 Å². The van der Waals surface area contributed by atoms with Gasteiger partial charge in [-0.1, -0.05) is 31.2 Å². The van der Waals surface area contributed by atoms with Gasteiger partial charge in [-0.05, 0) is 31.5 Å². The number of amides is 1. The first-order chi connectivity index (χ1) is 12.8. The smallest absolute Gasteiger partial charge is 0.271 e. The van der Waals surface area contributed by atoms with E-state index >= 15 is 0 Å². The van der Waals surface area contributed by atoms with Crippen LogP contribution in [0, 0.1) is 10.1 Å². The molecule has 0 bridgehead atoms. The quantitative estimate of drug-likeness (QED) is 0.549. The summed E-state index contributed by atoms with van der Waals surface area (Å²) in [6, 6.07) is 12.7. The molecule has 0 aliphatic rings. The van der Waals surface area contributed by atoms with Crippen LogP contribution in [-0.4, -0.2) is 31.8 Å². The predicted octanol–water partition coefficient (Wildman–Crippen LogP) is 2.70. The van der Waals surface area contributed by atoms with Crippen molar-refractivity contribution in [2.45, 2.75) is 31.2 Å². The first-order valence-corrected chi connectivity index (χ1v) is 9.81. The van der Waals surface area contributed by atoms with Gasteiger partial charge in [0.25, 0.3) is 15.7 Å². The molecule has 0 aromatic heterocycles. The third-order valence-electron chi connectivity index (χ3n) is 3.97. The fourth-order valence-electron chi connectivity index (χ4n) is 2.35. The zero-order chi connectivity index (χ0) is 20.0. The van der Waals surface area contributed by atoms with E-state index in [9.17, 15) is 23.3 Å². The minimum absolute atomic E-state index is 0.00662. The number of nitro groups is 1. The van der Waals surface area contributed by atoms with Crippen LogP contribution in [0.15, 0.2) is 59.5 Å². The van der Waals surface area contributed by atoms with Gasteiger partial charge in [-0.15, -0.1) is 0 Å². The average molecular weight is 391 g/mol. The molecule has 2 rings (SSSR count). The topological polar surface area (TPSA) is 110 Å². The zero-order valence-corrected chi connectivity index (χ0v) is 15.8. The van der Waals surface area contributed by atoms with Crippen molar-refractivity contribution < 1.29 is 18.1 Å². The Bertz CT molecular complexity index is 916. The van der Waals surface area contributed by atoms with Crippen molar-refractivity contribution >= 4 is 27.3 Å². The SMILES string of the molecule is CC[C@@H](C)NC(=O)CN(c1cccc([N+](=O)[O-])c1)S(=O)(=O)c1ccccc1. The highest BCUT2D eigenvalue weighted by Crippen LogP contribution is 2.26. The number of nitrogens with zero attached hydrogens (tertiary/aromatic N) is 2. The molecule has 0 aliphatic carbocycles. The molecule has 0 heterocycles. The summed E-state index contributed by atoms with van der Waals surface area (Å²) in [6.45, 7) is 3.22. The number of hydrogen-bond donors (Lipinski definition) is 1. The number of sulfonamides is 1. The second kappa shape index (κ2) is 8.63. The number of benzene rings is 2. The third-order valence-corrected chi connectivity index (χ3v) is 5.75. The van der Waals surface area contributed by atoms with Gasteiger partial charge in [0.15, 0.2) is 0 Å². The van der Waals surface area contributed by atoms with E-state index in [4.69, 9.17) is 0 Å². The van der Waals surface area contributed by atoms with Crippen molar-refractivity contribution in [3.8, 4) is 0 Å². The molecule has 0 aliphatic heterocycles. The van der Waals surface area contributed by atoms with Crippen molar-refractivity contribution in [3.05, 3.63) is 64.7 Å². The molecule has 1 atom stereocenters. The highest BCUT2D eigenvalue weighted by Gasteiger charge is 2.28. The van der Waals surface area contributed by atoms with E-state index in [1.54, 1.807) is 25.1 Å². The van der Waals surface area contributed by atoms with Gasteiger partial charge in [-0.3, -0.25) is 19.2 Å². The Hall–Kier alpha value is -2.94. The number of nitrogens with one attached hydrogen (secondary N) is 1. The fourth-order valence-corrected chi connectivity index (χ4v) is 3.78. The fraction of sp³-hybridized carbons (Fsp3) is 0.278. The van der Waals surface area contributed by atoms with E-state index in [0.29, 0.717) is 6.42 Å². The van der Waals surface area contributed by atoms with Crippen LogP contribution in [0.5, 0.6) is 0 Å². The molecule has 8 nitrogen and oxygen atoms in total. The molecule has 0 radical (unpaired) electrons. The largest absolute Gasteiger partial charge is 0.352 e. The summed E-state index contributed by atoms with van der Waals surface area (Å²) in [4.78, 5) is 22.8. The molecule has 9 heteroatoms. The second-order valence-corrected chi connectivity index (χ2v) is 7.84. The molecule has 0 fully saturated rings. The van der Waals surface area contributed by atoms with Crippen LogP contribution in [-0.2, 0) is 14.8 Å². The van der Waals surface area contributed by atoms with E-state index in [0.717, 1.165) is 10.4 Å². The molecule has 1 N–H and O–H groups in total. The van der Waals surface area contributed by atoms with Crippen molar-refractivity contribution in [3.63, 3.8) is 0 Å². The Morgan fingerprint density at radius 2 is 1.85 bits per heavy atom. The van der Waals surface area contributed by atoms with Crippen molar-refractivity contribution in [1.82, 2.24) is 5.32 Å². The van der Waals surface area contributed by atoms with E-state index in [1.807, 2.05) is 6.92 Å². The number of nitro benzene ring substituents is 1. The first kappa shape index (κ1) is 20.4. The van der Waals surface area contributed by atoms with Crippen molar-refractivity contribution in [1.29, 1.82) is 0 Å². The molecule has 2 aromatic rings. The maximum Gasteiger partial charge on any atom is 0.271 e. The Morgan fingerprint density at radius 1 is 1.19 bits per heavy atom. The van der Waals surface area contributed by atoms with Gasteiger partial charge in [-0.2, -0.15) is 0 Å². The molecule has 0 spiro atoms. The lowest BCUT2D eigenvalue weighted by Crippen LogP contribution is -2.43. The molecular formula is C18H21N3O5S. The van der Waals surface area contributed by atoms with Crippen molar-refractivity contribution in [2.75, 3.05) is 10.8 Å². The first-order valence-electron chi connectivity index (χ1n) is 8.37. The van der Waals surface area contributed by atoms with Crippen LogP contribution in [0.3, 0.4) is 0 Å². The summed E-state index contributed by atoms with van der Waals surface area (Å²) in [5.74, 6) is -0.490. The van der Waals surface area contributed by atoms with Crippen LogP contribution in [0.4, 0.5) is 11.4 Å². The Balaban J connectivity index is 2.47. The molecule has 0 saturated heterocycles. The van der Waals surface area contributed by atoms with Gasteiger partial charge < -0.3 is 5.32 Å². The van der Waals surface area contributed by atoms with Gasteiger partial charge in [-0.25, -0.2) is 8.42 Å². The highest BCUT2D eigenvalue weighted by atomic mass is 32.2. The lowest BCUT2D eigenvalue weighted by molar-refractivity contribution is -0.384. The Morgan fingerprint density at radius 3 is 2.44 bits per heavy atom. The standard InChI is InChI=1S/C18H21N3O5S/c1-3-14(2)19-18(22)13-20(15-8-7-9-16(12-15)21(23)24)27(25,26)17-10-5-4-6-11-17/h4-12,14H,3,13H2,1-2H3,(H,19,22)/t14-/m1/s1. The molecule has 0 saturated carbocycles. The highest BCUT2D eigenvalue weighted by molar-refractivity contribution is 7.92. The molecule has 2 aromatic carbocycles. The van der Waals surface area contributed by atoms with Gasteiger partial charge >= 0.3 is 0 Å². The maximum absolute atomic E-state index is 13.1. The summed E-state index contributed by atoms with van der Waals surface area (Å²) >= 11 is 0. The van der Waals surface area contributed by atoms with Crippen LogP contribution >= 0.6 is 0 Å². The lowest BCUT2D eigenvalue weighted by atomic mass is 10.2. The molecule has 1 amide bonds. The summed E-state index contributed by atoms with van der Waals surface area (Å²) in [6.07, 6.45) is 0.688. The molecule has 0 unspecified atom stereocenters. The monoisotopic (exact) mass is 391 g/mol. The van der Waals surface area contributed by atoms with Crippen LogP contribution in [0.2, 0.25) is 0 Å². The van der Waals surface area contributed by atoms with Gasteiger partial charge in [0.05, 0.1) is 15.5 Å². The van der Waals surface area contributed by atoms with Crippen LogP contribution in [0.1, 0.15) is 20.3 Å². The van der Waals surface area contributed by atoms with Crippen molar-refractivity contribution in [2.24, 2.45) is 0 Å². The Kier molecular flexibility index (Phi) is 6.51. The number of hydrogen-bond acceptors (Lipinski definition) is 5. The normalized spacial score (nSPS) is 12.2. The molecule has 27 heavy (non-hydrogen) atoms. The summed E-state index contributed by atoms with van der Waals surface area (Å²) < 4.78 is 27.0. The third kappa shape index (κ3) is 5.04. The second-order valence-electron chi connectivity index (χ2n) is 5.98. The number of non-ortho nitro benzene ring substituents is 1. The lowest BCUT2D eigenvalue weighted by Gasteiger charge is -2.24.